The summed E-state index contributed by atoms with van der Waals surface area (Å²) < 4.78 is 6.36. The number of hydrogen-bond acceptors (Lipinski definition) is 4. The van der Waals surface area contributed by atoms with Crippen molar-refractivity contribution in [2.75, 3.05) is 6.61 Å². The molecule has 3 nitrogen and oxygen atoms in total. The molecule has 2 aliphatic rings. The molecule has 2 heterocycles. The van der Waals surface area contributed by atoms with Crippen molar-refractivity contribution >= 4 is 40.3 Å². The van der Waals surface area contributed by atoms with Crippen LogP contribution in [0.1, 0.15) is 16.7 Å². The Morgan fingerprint density at radius 2 is 1.96 bits per heavy atom. The molecule has 0 aliphatic carbocycles. The summed E-state index contributed by atoms with van der Waals surface area (Å²) >= 11 is 6.78. The topological polar surface area (TPSA) is 29.5 Å². The lowest BCUT2D eigenvalue weighted by atomic mass is 10.1. The largest absolute Gasteiger partial charge is 0.488 e. The van der Waals surface area contributed by atoms with Crippen LogP contribution < -0.4 is 4.74 Å². The molecule has 0 radical (unpaired) electrons. The number of carbonyl (C=O) groups is 1. The van der Waals surface area contributed by atoms with Crippen molar-refractivity contribution in [3.8, 4) is 5.75 Å². The van der Waals surface area contributed by atoms with E-state index in [4.69, 9.17) is 17.0 Å². The van der Waals surface area contributed by atoms with Crippen molar-refractivity contribution in [3.63, 3.8) is 0 Å². The predicted molar refractivity (Wildman–Crippen MR) is 110 cm³/mol. The molecule has 2 aliphatic heterocycles. The van der Waals surface area contributed by atoms with Gasteiger partial charge in [0, 0.05) is 5.56 Å². The molecule has 26 heavy (non-hydrogen) atoms. The van der Waals surface area contributed by atoms with E-state index >= 15 is 0 Å². The molecule has 0 aromatic heterocycles. The standard InChI is InChI=1S/C21H17NO2S2/c1-14-6-8-15(9-7-14)12-22-20(23)19(26-21(22)25)11-16-10-17-4-2-3-5-18(17)24-13-16/h2-11H,12-13H2,1H3. The number of carbonyl (C=O) groups excluding carboxylic acids is 1. The van der Waals surface area contributed by atoms with Gasteiger partial charge in [-0.25, -0.2) is 0 Å². The minimum atomic E-state index is -0.0414. The third-order valence-electron chi connectivity index (χ3n) is 4.31. The number of hydrogen-bond donors (Lipinski definition) is 0. The number of rotatable bonds is 3. The molecule has 1 amide bonds. The fourth-order valence-corrected chi connectivity index (χ4v) is 4.17. The van der Waals surface area contributed by atoms with Crippen LogP contribution in [0.15, 0.2) is 65.1 Å². The van der Waals surface area contributed by atoms with Crippen LogP contribution in [0.4, 0.5) is 0 Å². The molecule has 0 atom stereocenters. The summed E-state index contributed by atoms with van der Waals surface area (Å²) in [4.78, 5) is 15.1. The number of nitrogens with zero attached hydrogens (tertiary/aromatic N) is 1. The molecule has 130 valence electrons. The maximum absolute atomic E-state index is 12.8. The Morgan fingerprint density at radius 3 is 2.77 bits per heavy atom. The first-order valence-electron chi connectivity index (χ1n) is 8.33. The van der Waals surface area contributed by atoms with E-state index in [0.29, 0.717) is 22.4 Å². The lowest BCUT2D eigenvalue weighted by Gasteiger charge is -2.16. The van der Waals surface area contributed by atoms with Crippen LogP contribution in [0, 0.1) is 6.92 Å². The Kier molecular flexibility index (Phi) is 4.66. The van der Waals surface area contributed by atoms with Gasteiger partial charge in [-0.1, -0.05) is 72.0 Å². The van der Waals surface area contributed by atoms with Crippen molar-refractivity contribution in [1.82, 2.24) is 4.90 Å². The molecular weight excluding hydrogens is 362 g/mol. The second kappa shape index (κ2) is 7.09. The first kappa shape index (κ1) is 17.1. The molecule has 5 heteroatoms. The number of para-hydroxylation sites is 1. The molecule has 0 N–H and O–H groups in total. The zero-order valence-corrected chi connectivity index (χ0v) is 15.9. The van der Waals surface area contributed by atoms with Crippen LogP contribution in [0.5, 0.6) is 5.75 Å². The van der Waals surface area contributed by atoms with Crippen molar-refractivity contribution in [1.29, 1.82) is 0 Å². The average Bonchev–Trinajstić information content (AvgIpc) is 2.91. The van der Waals surface area contributed by atoms with Gasteiger partial charge >= 0.3 is 0 Å². The van der Waals surface area contributed by atoms with Crippen molar-refractivity contribution in [3.05, 3.63) is 81.8 Å². The second-order valence-electron chi connectivity index (χ2n) is 6.30. The molecule has 0 bridgehead atoms. The summed E-state index contributed by atoms with van der Waals surface area (Å²) in [5, 5.41) is 0. The minimum Gasteiger partial charge on any atom is -0.488 e. The molecule has 1 fully saturated rings. The van der Waals surface area contributed by atoms with Crippen LogP contribution in [-0.4, -0.2) is 21.7 Å². The first-order chi connectivity index (χ1) is 12.6. The summed E-state index contributed by atoms with van der Waals surface area (Å²) in [6.45, 7) is 3.00. The third-order valence-corrected chi connectivity index (χ3v) is 5.68. The van der Waals surface area contributed by atoms with Crippen LogP contribution in [0.25, 0.3) is 6.08 Å². The van der Waals surface area contributed by atoms with E-state index in [1.165, 1.54) is 17.3 Å². The lowest BCUT2D eigenvalue weighted by molar-refractivity contribution is -0.122. The highest BCUT2D eigenvalue weighted by atomic mass is 32.2. The average molecular weight is 380 g/mol. The van der Waals surface area contributed by atoms with E-state index in [1.807, 2.05) is 61.5 Å². The van der Waals surface area contributed by atoms with Gasteiger partial charge in [-0.05, 0) is 36.3 Å². The summed E-state index contributed by atoms with van der Waals surface area (Å²) in [5.74, 6) is 0.830. The molecule has 0 saturated carbocycles. The summed E-state index contributed by atoms with van der Waals surface area (Å²) in [7, 11) is 0. The maximum atomic E-state index is 12.8. The number of benzene rings is 2. The Morgan fingerprint density at radius 1 is 1.19 bits per heavy atom. The summed E-state index contributed by atoms with van der Waals surface area (Å²) in [6, 6.07) is 16.0. The van der Waals surface area contributed by atoms with E-state index in [1.54, 1.807) is 4.90 Å². The van der Waals surface area contributed by atoms with E-state index in [9.17, 15) is 4.79 Å². The highest BCUT2D eigenvalue weighted by Gasteiger charge is 2.32. The minimum absolute atomic E-state index is 0.0414. The number of aryl methyl sites for hydroxylation is 1. The van der Waals surface area contributed by atoms with Crippen LogP contribution in [0.3, 0.4) is 0 Å². The molecule has 4 rings (SSSR count). The number of ether oxygens (including phenoxy) is 1. The van der Waals surface area contributed by atoms with Crippen molar-refractivity contribution < 1.29 is 9.53 Å². The molecule has 2 aromatic carbocycles. The summed E-state index contributed by atoms with van der Waals surface area (Å²) in [6.07, 6.45) is 3.95. The second-order valence-corrected chi connectivity index (χ2v) is 7.97. The van der Waals surface area contributed by atoms with Gasteiger partial charge in [0.25, 0.3) is 5.91 Å². The number of thiocarbonyl (C=S) groups is 1. The number of thioether (sulfide) groups is 1. The molecule has 1 saturated heterocycles. The van der Waals surface area contributed by atoms with Crippen LogP contribution in [-0.2, 0) is 11.3 Å². The van der Waals surface area contributed by atoms with E-state index in [0.717, 1.165) is 22.4 Å². The van der Waals surface area contributed by atoms with Gasteiger partial charge in [0.1, 0.15) is 16.7 Å². The molecular formula is C21H17NO2S2. The summed E-state index contributed by atoms with van der Waals surface area (Å²) in [5.41, 5.74) is 4.27. The molecule has 0 unspecified atom stereocenters. The fourth-order valence-electron chi connectivity index (χ4n) is 2.90. The van der Waals surface area contributed by atoms with E-state index < -0.39 is 0 Å². The zero-order valence-electron chi connectivity index (χ0n) is 14.3. The predicted octanol–water partition coefficient (Wildman–Crippen LogP) is 4.72. The third kappa shape index (κ3) is 3.45. The van der Waals surface area contributed by atoms with Crippen LogP contribution >= 0.6 is 24.0 Å². The van der Waals surface area contributed by atoms with Gasteiger partial charge in [0.15, 0.2) is 0 Å². The van der Waals surface area contributed by atoms with Gasteiger partial charge in [-0.2, -0.15) is 0 Å². The smallest absolute Gasteiger partial charge is 0.266 e. The number of amides is 1. The Balaban J connectivity index is 1.54. The van der Waals surface area contributed by atoms with Crippen molar-refractivity contribution in [2.45, 2.75) is 13.5 Å². The van der Waals surface area contributed by atoms with Crippen molar-refractivity contribution in [2.24, 2.45) is 0 Å². The van der Waals surface area contributed by atoms with Crippen LogP contribution in [0.2, 0.25) is 0 Å². The Bertz CT molecular complexity index is 945. The highest BCUT2D eigenvalue weighted by Crippen LogP contribution is 2.34. The maximum Gasteiger partial charge on any atom is 0.266 e. The zero-order chi connectivity index (χ0) is 18.1. The molecule has 2 aromatic rings. The normalized spacial score (nSPS) is 18.0. The van der Waals surface area contributed by atoms with E-state index in [-0.39, 0.29) is 5.91 Å². The monoisotopic (exact) mass is 379 g/mol. The number of fused-ring (bicyclic) bond motifs is 1. The Labute approximate surface area is 162 Å². The van der Waals surface area contributed by atoms with Gasteiger partial charge < -0.3 is 4.74 Å². The van der Waals surface area contributed by atoms with E-state index in [2.05, 4.69) is 6.08 Å². The van der Waals surface area contributed by atoms with Gasteiger partial charge in [0.05, 0.1) is 11.4 Å². The Hall–Kier alpha value is -2.37. The molecule has 0 spiro atoms. The van der Waals surface area contributed by atoms with Gasteiger partial charge in [-0.15, -0.1) is 0 Å². The highest BCUT2D eigenvalue weighted by molar-refractivity contribution is 8.26. The van der Waals surface area contributed by atoms with Gasteiger partial charge in [-0.3, -0.25) is 9.69 Å². The lowest BCUT2D eigenvalue weighted by Crippen LogP contribution is -2.27. The quantitative estimate of drug-likeness (QED) is 0.570. The first-order valence-corrected chi connectivity index (χ1v) is 9.56. The SMILES string of the molecule is Cc1ccc(CN2C(=O)C(=CC3=Cc4ccccc4OC3)SC2=S)cc1. The fraction of sp³-hybridized carbons (Fsp3) is 0.143. The van der Waals surface area contributed by atoms with Gasteiger partial charge in [0.2, 0.25) is 0 Å².